The third-order valence-corrected chi connectivity index (χ3v) is 5.78. The number of aliphatic imine (C=N–C) groups is 1. The van der Waals surface area contributed by atoms with E-state index in [0.717, 1.165) is 33.3 Å². The van der Waals surface area contributed by atoms with Gasteiger partial charge in [0.15, 0.2) is 0 Å². The summed E-state index contributed by atoms with van der Waals surface area (Å²) in [5.41, 5.74) is 5.00. The summed E-state index contributed by atoms with van der Waals surface area (Å²) in [7, 11) is 0. The fourth-order valence-electron chi connectivity index (χ4n) is 3.63. The second-order valence-corrected chi connectivity index (χ2v) is 8.12. The van der Waals surface area contributed by atoms with Crippen molar-refractivity contribution in [2.75, 3.05) is 0 Å². The molecule has 2 unspecified atom stereocenters. The van der Waals surface area contributed by atoms with Crippen LogP contribution in [0.5, 0.6) is 5.75 Å². The van der Waals surface area contributed by atoms with Crippen LogP contribution in [0.2, 0.25) is 0 Å². The third kappa shape index (κ3) is 4.41. The van der Waals surface area contributed by atoms with Crippen LogP contribution in [0, 0.1) is 5.82 Å². The molecule has 1 aliphatic rings. The van der Waals surface area contributed by atoms with E-state index in [0.29, 0.717) is 6.42 Å². The molecule has 4 rings (SSSR count). The zero-order valence-corrected chi connectivity index (χ0v) is 17.7. The van der Waals surface area contributed by atoms with Crippen LogP contribution >= 0.6 is 15.9 Å². The van der Waals surface area contributed by atoms with Crippen LogP contribution < -0.4 is 5.32 Å². The lowest BCUT2D eigenvalue weighted by Crippen LogP contribution is -2.33. The maximum Gasteiger partial charge on any atom is 0.126 e. The molecule has 29 heavy (non-hydrogen) atoms. The number of nitrogens with one attached hydrogen (secondary N) is 1. The van der Waals surface area contributed by atoms with Crippen LogP contribution in [0.3, 0.4) is 0 Å². The van der Waals surface area contributed by atoms with Gasteiger partial charge in [-0.05, 0) is 53.4 Å². The Morgan fingerprint density at radius 3 is 2.48 bits per heavy atom. The molecule has 0 fully saturated rings. The highest BCUT2D eigenvalue weighted by Gasteiger charge is 2.27. The maximum absolute atomic E-state index is 13.4. The monoisotopic (exact) mass is 452 g/mol. The molecule has 148 valence electrons. The summed E-state index contributed by atoms with van der Waals surface area (Å²) in [6, 6.07) is 20.1. The third-order valence-electron chi connectivity index (χ3n) is 5.29. The number of rotatable bonds is 4. The van der Waals surface area contributed by atoms with E-state index in [1.54, 1.807) is 18.2 Å². The van der Waals surface area contributed by atoms with E-state index in [1.807, 2.05) is 12.1 Å². The van der Waals surface area contributed by atoms with Crippen molar-refractivity contribution in [3.63, 3.8) is 0 Å². The average Bonchev–Trinajstić information content (AvgIpc) is 2.75. The van der Waals surface area contributed by atoms with E-state index in [9.17, 15) is 9.50 Å². The van der Waals surface area contributed by atoms with Gasteiger partial charge in [-0.25, -0.2) is 4.39 Å². The van der Waals surface area contributed by atoms with Gasteiger partial charge in [-0.1, -0.05) is 59.3 Å². The molecule has 3 nitrogen and oxygen atoms in total. The molecule has 0 spiro atoms. The summed E-state index contributed by atoms with van der Waals surface area (Å²) < 4.78 is 14.3. The molecule has 0 saturated carbocycles. The van der Waals surface area contributed by atoms with Crippen LogP contribution in [0.1, 0.15) is 47.8 Å². The molecule has 0 aliphatic carbocycles. The number of halogens is 2. The van der Waals surface area contributed by atoms with E-state index >= 15 is 0 Å². The predicted molar refractivity (Wildman–Crippen MR) is 118 cm³/mol. The molecule has 2 atom stereocenters. The van der Waals surface area contributed by atoms with Gasteiger partial charge in [0.05, 0.1) is 0 Å². The fraction of sp³-hybridized carbons (Fsp3) is 0.208. The smallest absolute Gasteiger partial charge is 0.126 e. The molecule has 0 bridgehead atoms. The summed E-state index contributed by atoms with van der Waals surface area (Å²) in [6.45, 7) is 2.13. The quantitative estimate of drug-likeness (QED) is 0.503. The fourth-order valence-corrected chi connectivity index (χ4v) is 4.01. The Kier molecular flexibility index (Phi) is 5.79. The standard InChI is InChI=1S/C24H22BrFN2O/c1-2-15-3-5-16(6-4-15)21-14-22(20-13-18(25)9-12-23(20)29)28-24(27-21)17-7-10-19(26)11-8-17/h3-13,22,24,28-29H,2,14H2,1H3. The second kappa shape index (κ2) is 8.47. The molecular weight excluding hydrogens is 431 g/mol. The first-order valence-electron chi connectivity index (χ1n) is 9.69. The van der Waals surface area contributed by atoms with Gasteiger partial charge >= 0.3 is 0 Å². The highest BCUT2D eigenvalue weighted by Crippen LogP contribution is 2.35. The molecule has 0 aromatic heterocycles. The number of phenolic OH excluding ortho intramolecular Hbond substituents is 1. The molecular formula is C24H22BrFN2O. The average molecular weight is 453 g/mol. The SMILES string of the molecule is CCc1ccc(C2=NC(c3ccc(F)cc3)NC(c3cc(Br)ccc3O)C2)cc1. The number of nitrogens with zero attached hydrogens (tertiary/aromatic N) is 1. The minimum absolute atomic E-state index is 0.124. The Morgan fingerprint density at radius 2 is 1.79 bits per heavy atom. The van der Waals surface area contributed by atoms with Crippen molar-refractivity contribution in [3.8, 4) is 5.75 Å². The van der Waals surface area contributed by atoms with Crippen LogP contribution in [0.4, 0.5) is 4.39 Å². The lowest BCUT2D eigenvalue weighted by molar-refractivity contribution is 0.412. The van der Waals surface area contributed by atoms with Crippen molar-refractivity contribution in [2.24, 2.45) is 4.99 Å². The van der Waals surface area contributed by atoms with Crippen molar-refractivity contribution in [3.05, 3.63) is 99.3 Å². The van der Waals surface area contributed by atoms with Crippen LogP contribution in [0.25, 0.3) is 0 Å². The Labute approximate surface area is 178 Å². The van der Waals surface area contributed by atoms with Gasteiger partial charge in [0.2, 0.25) is 0 Å². The highest BCUT2D eigenvalue weighted by molar-refractivity contribution is 9.10. The van der Waals surface area contributed by atoms with Gasteiger partial charge in [-0.2, -0.15) is 0 Å². The largest absolute Gasteiger partial charge is 0.508 e. The van der Waals surface area contributed by atoms with E-state index in [2.05, 4.69) is 52.4 Å². The zero-order chi connectivity index (χ0) is 20.4. The first-order valence-corrected chi connectivity index (χ1v) is 10.5. The molecule has 1 aliphatic heterocycles. The Morgan fingerprint density at radius 1 is 1.07 bits per heavy atom. The summed E-state index contributed by atoms with van der Waals surface area (Å²) >= 11 is 3.50. The highest BCUT2D eigenvalue weighted by atomic mass is 79.9. The summed E-state index contributed by atoms with van der Waals surface area (Å²) in [6.07, 6.45) is 1.31. The zero-order valence-electron chi connectivity index (χ0n) is 16.1. The number of aromatic hydroxyl groups is 1. The van der Waals surface area contributed by atoms with Gasteiger partial charge < -0.3 is 5.11 Å². The lowest BCUT2D eigenvalue weighted by atomic mass is 9.93. The van der Waals surface area contributed by atoms with E-state index in [4.69, 9.17) is 4.99 Å². The first kappa shape index (κ1) is 19.8. The molecule has 0 amide bonds. The van der Waals surface area contributed by atoms with E-state index in [-0.39, 0.29) is 23.8 Å². The predicted octanol–water partition coefficient (Wildman–Crippen LogP) is 6.08. The second-order valence-electron chi connectivity index (χ2n) is 7.21. The van der Waals surface area contributed by atoms with Gasteiger partial charge in [-0.15, -0.1) is 0 Å². The van der Waals surface area contributed by atoms with Crippen molar-refractivity contribution in [1.29, 1.82) is 0 Å². The molecule has 1 heterocycles. The van der Waals surface area contributed by atoms with Gasteiger partial charge in [-0.3, -0.25) is 10.3 Å². The maximum atomic E-state index is 13.4. The van der Waals surface area contributed by atoms with E-state index in [1.165, 1.54) is 17.7 Å². The van der Waals surface area contributed by atoms with E-state index < -0.39 is 0 Å². The molecule has 2 N–H and O–H groups in total. The summed E-state index contributed by atoms with van der Waals surface area (Å²) in [5.74, 6) is -0.0313. The van der Waals surface area contributed by atoms with Crippen molar-refractivity contribution in [2.45, 2.75) is 32.0 Å². The van der Waals surface area contributed by atoms with Crippen LogP contribution in [-0.2, 0) is 6.42 Å². The van der Waals surface area contributed by atoms with Crippen molar-refractivity contribution in [1.82, 2.24) is 5.32 Å². The summed E-state index contributed by atoms with van der Waals surface area (Å²) in [4.78, 5) is 4.93. The van der Waals surface area contributed by atoms with Gasteiger partial charge in [0.25, 0.3) is 0 Å². The number of hydrogen-bond acceptors (Lipinski definition) is 3. The minimum atomic E-state index is -0.325. The topological polar surface area (TPSA) is 44.6 Å². The molecule has 5 heteroatoms. The first-order chi connectivity index (χ1) is 14.0. The number of aryl methyl sites for hydroxylation is 1. The minimum Gasteiger partial charge on any atom is -0.508 e. The van der Waals surface area contributed by atoms with Crippen LogP contribution in [0.15, 0.2) is 76.2 Å². The molecule has 0 radical (unpaired) electrons. The lowest BCUT2D eigenvalue weighted by Gasteiger charge is -2.31. The summed E-state index contributed by atoms with van der Waals surface area (Å²) in [5, 5.41) is 14.0. The van der Waals surface area contributed by atoms with Crippen molar-refractivity contribution < 1.29 is 9.50 Å². The normalized spacial score (nSPS) is 19.1. The molecule has 3 aromatic rings. The van der Waals surface area contributed by atoms with Crippen molar-refractivity contribution >= 4 is 21.6 Å². The Balaban J connectivity index is 1.75. The molecule has 0 saturated heterocycles. The van der Waals surface area contributed by atoms with Gasteiger partial charge in [0.1, 0.15) is 17.7 Å². The number of phenols is 1. The number of benzene rings is 3. The Bertz CT molecular complexity index is 1030. The van der Waals surface area contributed by atoms with Crippen LogP contribution in [-0.4, -0.2) is 10.8 Å². The number of hydrogen-bond donors (Lipinski definition) is 2. The van der Waals surface area contributed by atoms with Gasteiger partial charge in [0, 0.05) is 28.2 Å². The molecule has 3 aromatic carbocycles. The Hall–Kier alpha value is -2.50.